The predicted molar refractivity (Wildman–Crippen MR) is 91.1 cm³/mol. The number of nitrogen functional groups attached to an aromatic ring is 1. The third-order valence-electron chi connectivity index (χ3n) is 4.57. The van der Waals surface area contributed by atoms with Gasteiger partial charge in [0.25, 0.3) is 5.91 Å². The summed E-state index contributed by atoms with van der Waals surface area (Å²) < 4.78 is 13.5. The van der Waals surface area contributed by atoms with Gasteiger partial charge in [-0.3, -0.25) is 4.79 Å². The Labute approximate surface area is 140 Å². The maximum atomic E-state index is 12.1. The zero-order valence-corrected chi connectivity index (χ0v) is 13.8. The molecule has 3 N–H and O–H groups in total. The van der Waals surface area contributed by atoms with Crippen LogP contribution >= 0.6 is 0 Å². The highest BCUT2D eigenvalue weighted by atomic mass is 16.5. The molecule has 24 heavy (non-hydrogen) atoms. The van der Waals surface area contributed by atoms with Crippen LogP contribution in [0.5, 0.6) is 5.75 Å². The molecule has 1 aromatic carbocycles. The van der Waals surface area contributed by atoms with Crippen molar-refractivity contribution >= 4 is 28.6 Å². The van der Waals surface area contributed by atoms with Crippen molar-refractivity contribution in [2.45, 2.75) is 44.8 Å². The Hall–Kier alpha value is -2.28. The SMILES string of the molecule is CCCOCCCn1c(N)nc2cc3c(cc21)OC1(CC1)C(=O)N3. The lowest BCUT2D eigenvalue weighted by molar-refractivity contribution is -0.125. The fourth-order valence-corrected chi connectivity index (χ4v) is 3.09. The van der Waals surface area contributed by atoms with Gasteiger partial charge in [-0.2, -0.15) is 0 Å². The number of nitrogens with two attached hydrogens (primary N) is 1. The largest absolute Gasteiger partial charge is 0.475 e. The van der Waals surface area contributed by atoms with Crippen LogP contribution in [0.25, 0.3) is 11.0 Å². The summed E-state index contributed by atoms with van der Waals surface area (Å²) in [5.74, 6) is 1.10. The lowest BCUT2D eigenvalue weighted by Crippen LogP contribution is -2.38. The molecule has 4 rings (SSSR count). The molecule has 1 saturated carbocycles. The van der Waals surface area contributed by atoms with Gasteiger partial charge in [-0.15, -0.1) is 0 Å². The van der Waals surface area contributed by atoms with Crippen LogP contribution in [-0.2, 0) is 16.1 Å². The van der Waals surface area contributed by atoms with E-state index in [2.05, 4.69) is 17.2 Å². The van der Waals surface area contributed by atoms with E-state index in [4.69, 9.17) is 15.2 Å². The van der Waals surface area contributed by atoms with E-state index >= 15 is 0 Å². The first-order valence-corrected chi connectivity index (χ1v) is 8.51. The molecule has 2 aliphatic rings. The van der Waals surface area contributed by atoms with E-state index in [1.165, 1.54) is 0 Å². The number of aryl methyl sites for hydroxylation is 1. The van der Waals surface area contributed by atoms with E-state index in [9.17, 15) is 4.79 Å². The number of nitrogens with zero attached hydrogens (tertiary/aromatic N) is 2. The minimum atomic E-state index is -0.648. The number of fused-ring (bicyclic) bond motifs is 2. The zero-order chi connectivity index (χ0) is 16.7. The minimum absolute atomic E-state index is 0.0603. The second-order valence-corrected chi connectivity index (χ2v) is 6.48. The van der Waals surface area contributed by atoms with E-state index in [0.717, 1.165) is 49.9 Å². The van der Waals surface area contributed by atoms with Crippen molar-refractivity contribution in [3.8, 4) is 5.75 Å². The smallest absolute Gasteiger partial charge is 0.268 e. The van der Waals surface area contributed by atoms with Crippen LogP contribution < -0.4 is 15.8 Å². The topological polar surface area (TPSA) is 91.4 Å². The molecule has 0 saturated heterocycles. The lowest BCUT2D eigenvalue weighted by Gasteiger charge is -2.25. The Balaban J connectivity index is 1.59. The number of hydrogen-bond donors (Lipinski definition) is 2. The molecular weight excluding hydrogens is 308 g/mol. The standard InChI is InChI=1S/C17H22N4O3/c1-2-7-23-8-3-6-21-13-10-14-12(9-11(13)20-16(21)18)19-15(22)17(24-14)4-5-17/h9-10H,2-8H2,1H3,(H2,18,20)(H,19,22). The number of amides is 1. The van der Waals surface area contributed by atoms with E-state index in [0.29, 0.717) is 24.0 Å². The second kappa shape index (κ2) is 5.66. The van der Waals surface area contributed by atoms with Crippen molar-refractivity contribution in [1.29, 1.82) is 0 Å². The Bertz CT molecular complexity index is 795. The Morgan fingerprint density at radius 3 is 3.00 bits per heavy atom. The van der Waals surface area contributed by atoms with E-state index in [-0.39, 0.29) is 5.91 Å². The average Bonchev–Trinajstić information content (AvgIpc) is 3.26. The van der Waals surface area contributed by atoms with Crippen molar-refractivity contribution in [3.05, 3.63) is 12.1 Å². The van der Waals surface area contributed by atoms with Crippen molar-refractivity contribution in [3.63, 3.8) is 0 Å². The van der Waals surface area contributed by atoms with Gasteiger partial charge in [0.05, 0.1) is 16.7 Å². The van der Waals surface area contributed by atoms with Crippen molar-refractivity contribution in [1.82, 2.24) is 9.55 Å². The summed E-state index contributed by atoms with van der Waals surface area (Å²) in [5.41, 5.74) is 7.77. The van der Waals surface area contributed by atoms with Crippen LogP contribution in [0, 0.1) is 0 Å². The number of ether oxygens (including phenoxy) is 2. The number of imidazole rings is 1. The van der Waals surface area contributed by atoms with Gasteiger partial charge in [-0.05, 0) is 18.9 Å². The van der Waals surface area contributed by atoms with Gasteiger partial charge in [0.2, 0.25) is 5.95 Å². The van der Waals surface area contributed by atoms with Crippen molar-refractivity contribution in [2.24, 2.45) is 0 Å². The van der Waals surface area contributed by atoms with Crippen LogP contribution in [0.3, 0.4) is 0 Å². The van der Waals surface area contributed by atoms with E-state index in [1.807, 2.05) is 16.7 Å². The monoisotopic (exact) mass is 330 g/mol. The number of nitrogens with one attached hydrogen (secondary N) is 1. The molecule has 0 bridgehead atoms. The van der Waals surface area contributed by atoms with Gasteiger partial charge < -0.3 is 25.1 Å². The number of aromatic nitrogens is 2. The fraction of sp³-hybridized carbons (Fsp3) is 0.529. The van der Waals surface area contributed by atoms with Crippen LogP contribution in [-0.4, -0.2) is 34.3 Å². The molecule has 1 spiro atoms. The first kappa shape index (κ1) is 15.3. The summed E-state index contributed by atoms with van der Waals surface area (Å²) in [6.45, 7) is 4.31. The molecule has 2 heterocycles. The summed E-state index contributed by atoms with van der Waals surface area (Å²) in [6, 6.07) is 3.76. The Morgan fingerprint density at radius 1 is 1.42 bits per heavy atom. The number of hydrogen-bond acceptors (Lipinski definition) is 5. The summed E-state index contributed by atoms with van der Waals surface area (Å²) in [4.78, 5) is 16.5. The summed E-state index contributed by atoms with van der Waals surface area (Å²) in [6.07, 6.45) is 3.43. The highest BCUT2D eigenvalue weighted by Gasteiger charge is 2.55. The molecule has 1 amide bonds. The van der Waals surface area contributed by atoms with Gasteiger partial charge in [-0.25, -0.2) is 4.98 Å². The third kappa shape index (κ3) is 2.49. The molecular formula is C17H22N4O3. The summed E-state index contributed by atoms with van der Waals surface area (Å²) in [5, 5.41) is 2.93. The number of rotatable bonds is 6. The van der Waals surface area contributed by atoms with Crippen molar-refractivity contribution in [2.75, 3.05) is 24.3 Å². The van der Waals surface area contributed by atoms with Gasteiger partial charge >= 0.3 is 0 Å². The van der Waals surface area contributed by atoms with Gasteiger partial charge in [-0.1, -0.05) is 6.92 Å². The molecule has 7 heteroatoms. The normalized spacial score (nSPS) is 17.6. The second-order valence-electron chi connectivity index (χ2n) is 6.48. The Kier molecular flexibility index (Phi) is 3.60. The average molecular weight is 330 g/mol. The van der Waals surface area contributed by atoms with Crippen molar-refractivity contribution < 1.29 is 14.3 Å². The molecule has 1 aliphatic carbocycles. The molecule has 1 aliphatic heterocycles. The molecule has 0 atom stereocenters. The molecule has 128 valence electrons. The molecule has 2 aromatic rings. The highest BCUT2D eigenvalue weighted by Crippen LogP contribution is 2.47. The quantitative estimate of drug-likeness (QED) is 0.793. The van der Waals surface area contributed by atoms with Crippen LogP contribution in [0.4, 0.5) is 11.6 Å². The maximum Gasteiger partial charge on any atom is 0.268 e. The van der Waals surface area contributed by atoms with E-state index < -0.39 is 5.60 Å². The minimum Gasteiger partial charge on any atom is -0.475 e. The first-order chi connectivity index (χ1) is 11.6. The molecule has 0 unspecified atom stereocenters. The maximum absolute atomic E-state index is 12.1. The number of carbonyl (C=O) groups is 1. The predicted octanol–water partition coefficient (Wildman–Crippen LogP) is 2.30. The third-order valence-corrected chi connectivity index (χ3v) is 4.57. The Morgan fingerprint density at radius 2 is 2.25 bits per heavy atom. The zero-order valence-electron chi connectivity index (χ0n) is 13.8. The molecule has 1 aromatic heterocycles. The van der Waals surface area contributed by atoms with Gasteiger partial charge in [0.1, 0.15) is 5.75 Å². The van der Waals surface area contributed by atoms with Gasteiger partial charge in [0.15, 0.2) is 5.60 Å². The molecule has 1 fully saturated rings. The van der Waals surface area contributed by atoms with Crippen LogP contribution in [0.15, 0.2) is 12.1 Å². The number of anilines is 2. The lowest BCUT2D eigenvalue weighted by atomic mass is 10.2. The number of benzene rings is 1. The fourth-order valence-electron chi connectivity index (χ4n) is 3.09. The van der Waals surface area contributed by atoms with Gasteiger partial charge in [0, 0.05) is 38.7 Å². The summed E-state index contributed by atoms with van der Waals surface area (Å²) in [7, 11) is 0. The van der Waals surface area contributed by atoms with Crippen LogP contribution in [0.1, 0.15) is 32.6 Å². The van der Waals surface area contributed by atoms with E-state index in [1.54, 1.807) is 0 Å². The number of carbonyl (C=O) groups excluding carboxylic acids is 1. The molecule has 0 radical (unpaired) electrons. The highest BCUT2D eigenvalue weighted by molar-refractivity contribution is 6.04. The molecule has 7 nitrogen and oxygen atoms in total. The first-order valence-electron chi connectivity index (χ1n) is 8.51. The van der Waals surface area contributed by atoms with Crippen LogP contribution in [0.2, 0.25) is 0 Å². The summed E-state index contributed by atoms with van der Waals surface area (Å²) >= 11 is 0.